The number of carbonyl (C=O) groups is 2. The molecule has 0 aliphatic carbocycles. The van der Waals surface area contributed by atoms with Gasteiger partial charge in [0.2, 0.25) is 0 Å². The summed E-state index contributed by atoms with van der Waals surface area (Å²) in [5.41, 5.74) is 2.09. The Hall–Kier alpha value is -2.77. The molecular formula is C18H15ClN2O2. The molecule has 0 aliphatic heterocycles. The Labute approximate surface area is 139 Å². The fourth-order valence-electron chi connectivity index (χ4n) is 1.77. The van der Waals surface area contributed by atoms with Crippen molar-refractivity contribution in [3.05, 3.63) is 64.7 Å². The molecule has 0 aliphatic rings. The lowest BCUT2D eigenvalue weighted by Gasteiger charge is -2.04. The highest BCUT2D eigenvalue weighted by molar-refractivity contribution is 6.30. The molecule has 2 aromatic carbocycles. The monoisotopic (exact) mass is 326 g/mol. The van der Waals surface area contributed by atoms with Crippen LogP contribution in [0, 0.1) is 11.8 Å². The van der Waals surface area contributed by atoms with E-state index in [1.54, 1.807) is 48.5 Å². The lowest BCUT2D eigenvalue weighted by atomic mass is 10.1. The van der Waals surface area contributed by atoms with E-state index in [1.165, 1.54) is 6.92 Å². The van der Waals surface area contributed by atoms with Gasteiger partial charge in [-0.25, -0.2) is 4.79 Å². The minimum absolute atomic E-state index is 0.0186. The number of Topliss-reactive ketones (excluding diaryl/α,β-unsaturated/α-hetero) is 1. The molecule has 0 heterocycles. The van der Waals surface area contributed by atoms with Crippen molar-refractivity contribution in [3.8, 4) is 11.8 Å². The van der Waals surface area contributed by atoms with Gasteiger partial charge in [-0.1, -0.05) is 35.6 Å². The molecule has 0 bridgehead atoms. The van der Waals surface area contributed by atoms with Crippen molar-refractivity contribution < 1.29 is 9.59 Å². The average molecular weight is 327 g/mol. The number of rotatable bonds is 3. The van der Waals surface area contributed by atoms with Crippen LogP contribution in [0.15, 0.2) is 48.5 Å². The van der Waals surface area contributed by atoms with Crippen molar-refractivity contribution in [3.63, 3.8) is 0 Å². The third-order valence-corrected chi connectivity index (χ3v) is 3.22. The molecule has 0 saturated heterocycles. The lowest BCUT2D eigenvalue weighted by molar-refractivity contribution is 0.101. The maximum Gasteiger partial charge on any atom is 0.319 e. The SMILES string of the molecule is CC(=O)c1ccc(C#CCNC(=O)Nc2ccc(Cl)cc2)cc1. The van der Waals surface area contributed by atoms with Gasteiger partial charge in [0.25, 0.3) is 0 Å². The first-order valence-corrected chi connectivity index (χ1v) is 7.33. The molecule has 4 nitrogen and oxygen atoms in total. The van der Waals surface area contributed by atoms with Gasteiger partial charge in [0.15, 0.2) is 5.78 Å². The standard InChI is InChI=1S/C18H15ClN2O2/c1-13(22)15-6-4-14(5-7-15)3-2-12-20-18(23)21-17-10-8-16(19)9-11-17/h4-11H,12H2,1H3,(H2,20,21,23). The Morgan fingerprint density at radius 1 is 1.04 bits per heavy atom. The first-order chi connectivity index (χ1) is 11.0. The second kappa shape index (κ2) is 8.02. The van der Waals surface area contributed by atoms with Crippen LogP contribution in [-0.4, -0.2) is 18.4 Å². The summed E-state index contributed by atoms with van der Waals surface area (Å²) in [6.07, 6.45) is 0. The third kappa shape index (κ3) is 5.50. The van der Waals surface area contributed by atoms with Crippen molar-refractivity contribution in [1.82, 2.24) is 5.32 Å². The minimum Gasteiger partial charge on any atom is -0.327 e. The lowest BCUT2D eigenvalue weighted by Crippen LogP contribution is -2.28. The Bertz CT molecular complexity index is 756. The van der Waals surface area contributed by atoms with E-state index in [1.807, 2.05) is 0 Å². The van der Waals surface area contributed by atoms with Crippen LogP contribution in [0.5, 0.6) is 0 Å². The molecule has 23 heavy (non-hydrogen) atoms. The summed E-state index contributed by atoms with van der Waals surface area (Å²) in [5, 5.41) is 5.92. The molecule has 0 spiro atoms. The molecule has 0 unspecified atom stereocenters. The number of ketones is 1. The normalized spacial score (nSPS) is 9.48. The second-order valence-corrected chi connectivity index (χ2v) is 5.19. The number of amides is 2. The van der Waals surface area contributed by atoms with Crippen LogP contribution in [-0.2, 0) is 0 Å². The molecular weight excluding hydrogens is 312 g/mol. The van der Waals surface area contributed by atoms with E-state index in [9.17, 15) is 9.59 Å². The van der Waals surface area contributed by atoms with Crippen LogP contribution in [0.3, 0.4) is 0 Å². The smallest absolute Gasteiger partial charge is 0.319 e. The number of hydrogen-bond donors (Lipinski definition) is 2. The van der Waals surface area contributed by atoms with E-state index >= 15 is 0 Å². The summed E-state index contributed by atoms with van der Waals surface area (Å²) >= 11 is 5.77. The average Bonchev–Trinajstić information content (AvgIpc) is 2.54. The Morgan fingerprint density at radius 3 is 2.30 bits per heavy atom. The van der Waals surface area contributed by atoms with E-state index in [-0.39, 0.29) is 18.4 Å². The summed E-state index contributed by atoms with van der Waals surface area (Å²) < 4.78 is 0. The predicted molar refractivity (Wildman–Crippen MR) is 91.8 cm³/mol. The quantitative estimate of drug-likeness (QED) is 0.667. The van der Waals surface area contributed by atoms with Crippen molar-refractivity contribution in [2.75, 3.05) is 11.9 Å². The number of benzene rings is 2. The van der Waals surface area contributed by atoms with Gasteiger partial charge in [-0.3, -0.25) is 4.79 Å². The van der Waals surface area contributed by atoms with Crippen LogP contribution in [0.1, 0.15) is 22.8 Å². The molecule has 116 valence electrons. The zero-order valence-electron chi connectivity index (χ0n) is 12.5. The third-order valence-electron chi connectivity index (χ3n) is 2.96. The van der Waals surface area contributed by atoms with Crippen molar-refractivity contribution in [1.29, 1.82) is 0 Å². The largest absolute Gasteiger partial charge is 0.327 e. The van der Waals surface area contributed by atoms with Crippen LogP contribution in [0.2, 0.25) is 5.02 Å². The Kier molecular flexibility index (Phi) is 5.79. The maximum absolute atomic E-state index is 11.7. The molecule has 2 amide bonds. The highest BCUT2D eigenvalue weighted by atomic mass is 35.5. The highest BCUT2D eigenvalue weighted by Crippen LogP contribution is 2.12. The molecule has 0 fully saturated rings. The highest BCUT2D eigenvalue weighted by Gasteiger charge is 1.99. The zero-order chi connectivity index (χ0) is 16.7. The number of carbonyl (C=O) groups excluding carboxylic acids is 2. The van der Waals surface area contributed by atoms with Gasteiger partial charge in [-0.15, -0.1) is 0 Å². The van der Waals surface area contributed by atoms with Crippen LogP contribution in [0.25, 0.3) is 0 Å². The van der Waals surface area contributed by atoms with Crippen LogP contribution >= 0.6 is 11.6 Å². The molecule has 0 radical (unpaired) electrons. The van der Waals surface area contributed by atoms with Gasteiger partial charge in [0.1, 0.15) is 0 Å². The number of nitrogens with one attached hydrogen (secondary N) is 2. The van der Waals surface area contributed by atoms with Gasteiger partial charge in [-0.05, 0) is 43.3 Å². The van der Waals surface area contributed by atoms with E-state index in [0.717, 1.165) is 5.56 Å². The van der Waals surface area contributed by atoms with Gasteiger partial charge < -0.3 is 10.6 Å². The first kappa shape index (κ1) is 16.6. The van der Waals surface area contributed by atoms with Gasteiger partial charge in [-0.2, -0.15) is 0 Å². The molecule has 0 aromatic heterocycles. The molecule has 5 heteroatoms. The van der Waals surface area contributed by atoms with Crippen molar-refractivity contribution in [2.24, 2.45) is 0 Å². The molecule has 2 rings (SSSR count). The Balaban J connectivity index is 1.81. The second-order valence-electron chi connectivity index (χ2n) is 4.75. The predicted octanol–water partition coefficient (Wildman–Crippen LogP) is 3.72. The fraction of sp³-hybridized carbons (Fsp3) is 0.111. The van der Waals surface area contributed by atoms with Crippen LogP contribution in [0.4, 0.5) is 10.5 Å². The number of anilines is 1. The number of halogens is 1. The summed E-state index contributed by atoms with van der Waals surface area (Å²) in [4.78, 5) is 22.8. The maximum atomic E-state index is 11.7. The molecule has 0 atom stereocenters. The van der Waals surface area contributed by atoms with E-state index in [0.29, 0.717) is 16.3 Å². The number of hydrogen-bond acceptors (Lipinski definition) is 2. The summed E-state index contributed by atoms with van der Waals surface area (Å²) in [5.74, 6) is 5.78. The fourth-order valence-corrected chi connectivity index (χ4v) is 1.89. The molecule has 0 saturated carbocycles. The topological polar surface area (TPSA) is 58.2 Å². The summed E-state index contributed by atoms with van der Waals surface area (Å²) in [6, 6.07) is 13.5. The van der Waals surface area contributed by atoms with Gasteiger partial charge in [0.05, 0.1) is 6.54 Å². The zero-order valence-corrected chi connectivity index (χ0v) is 13.3. The van der Waals surface area contributed by atoms with Gasteiger partial charge in [0, 0.05) is 21.8 Å². The van der Waals surface area contributed by atoms with E-state index in [4.69, 9.17) is 11.6 Å². The van der Waals surface area contributed by atoms with Crippen molar-refractivity contribution in [2.45, 2.75) is 6.92 Å². The van der Waals surface area contributed by atoms with E-state index < -0.39 is 0 Å². The molecule has 2 aromatic rings. The van der Waals surface area contributed by atoms with Gasteiger partial charge >= 0.3 is 6.03 Å². The number of urea groups is 1. The summed E-state index contributed by atoms with van der Waals surface area (Å²) in [6.45, 7) is 1.73. The first-order valence-electron chi connectivity index (χ1n) is 6.95. The minimum atomic E-state index is -0.339. The summed E-state index contributed by atoms with van der Waals surface area (Å²) in [7, 11) is 0. The molecule has 2 N–H and O–H groups in total. The van der Waals surface area contributed by atoms with Crippen LogP contribution < -0.4 is 10.6 Å². The van der Waals surface area contributed by atoms with E-state index in [2.05, 4.69) is 22.5 Å². The Morgan fingerprint density at radius 2 is 1.70 bits per heavy atom. The van der Waals surface area contributed by atoms with Crippen molar-refractivity contribution >= 4 is 29.1 Å².